The van der Waals surface area contributed by atoms with Crippen LogP contribution in [-0.4, -0.2) is 74.3 Å². The molecule has 0 rings (SSSR count). The number of ether oxygens (including phenoxy) is 1. The molecule has 0 aliphatic heterocycles. The number of carbonyl (C=O) groups is 2. The predicted octanol–water partition coefficient (Wildman–Crippen LogP) is 22.1. The third-order valence-electron chi connectivity index (χ3n) is 15.3. The van der Waals surface area contributed by atoms with Crippen LogP contribution in [0.2, 0.25) is 0 Å². The van der Waals surface area contributed by atoms with Gasteiger partial charge < -0.3 is 19.4 Å². The minimum Gasteiger partial charge on any atom is -0.456 e. The van der Waals surface area contributed by atoms with Crippen molar-refractivity contribution >= 4 is 19.7 Å². The summed E-state index contributed by atoms with van der Waals surface area (Å²) in [6.45, 7) is 6.92. The second-order valence-corrected chi connectivity index (χ2v) is 26.1. The van der Waals surface area contributed by atoms with E-state index >= 15 is 0 Å². The van der Waals surface area contributed by atoms with E-state index in [0.29, 0.717) is 17.4 Å². The molecule has 0 spiro atoms. The molecule has 0 radical (unpaired) electrons. The summed E-state index contributed by atoms with van der Waals surface area (Å²) in [7, 11) is 1.49. The summed E-state index contributed by atoms with van der Waals surface area (Å²) in [5.74, 6) is -0.507. The lowest BCUT2D eigenvalue weighted by molar-refractivity contribution is -0.870. The van der Waals surface area contributed by atoms with Crippen LogP contribution in [0, 0.1) is 0 Å². The van der Waals surface area contributed by atoms with Crippen molar-refractivity contribution in [2.75, 3.05) is 40.9 Å². The molecule has 2 N–H and O–H groups in total. The highest BCUT2D eigenvalue weighted by Crippen LogP contribution is 2.43. The fraction of sp³-hybridized carbons (Fsp3) is 0.781. The zero-order valence-corrected chi connectivity index (χ0v) is 56.1. The monoisotopic (exact) mass is 1180 g/mol. The van der Waals surface area contributed by atoms with E-state index in [1.165, 1.54) is 180 Å². The van der Waals surface area contributed by atoms with Crippen LogP contribution in [-0.2, 0) is 27.9 Å². The molecule has 10 heteroatoms. The molecule has 0 aromatic carbocycles. The van der Waals surface area contributed by atoms with E-state index in [4.69, 9.17) is 13.8 Å². The molecular formula is C73H134N2O7P+. The summed E-state index contributed by atoms with van der Waals surface area (Å²) in [4.78, 5) is 37.9. The number of carbonyl (C=O) groups excluding carboxylic acids is 2. The van der Waals surface area contributed by atoms with E-state index in [2.05, 4.69) is 99.0 Å². The Kier molecular flexibility index (Phi) is 60.1. The molecule has 0 bridgehead atoms. The van der Waals surface area contributed by atoms with Crippen LogP contribution in [0.4, 0.5) is 0 Å². The van der Waals surface area contributed by atoms with Crippen LogP contribution in [0.15, 0.2) is 85.1 Å². The number of rotatable bonds is 63. The Morgan fingerprint density at radius 3 is 1.17 bits per heavy atom. The molecule has 9 nitrogen and oxygen atoms in total. The first-order chi connectivity index (χ1) is 40.4. The molecule has 0 saturated carbocycles. The van der Waals surface area contributed by atoms with Gasteiger partial charge in [-0.3, -0.25) is 18.6 Å². The maximum Gasteiger partial charge on any atom is 0.472 e. The third-order valence-corrected chi connectivity index (χ3v) is 16.3. The van der Waals surface area contributed by atoms with Gasteiger partial charge in [0.15, 0.2) is 0 Å². The van der Waals surface area contributed by atoms with Crippen LogP contribution in [0.3, 0.4) is 0 Å². The number of quaternary nitrogens is 1. The number of esters is 1. The van der Waals surface area contributed by atoms with Crippen LogP contribution in [0.1, 0.15) is 316 Å². The molecule has 0 heterocycles. The molecule has 0 saturated heterocycles. The molecule has 83 heavy (non-hydrogen) atoms. The van der Waals surface area contributed by atoms with E-state index < -0.39 is 20.0 Å². The molecule has 0 aliphatic rings. The van der Waals surface area contributed by atoms with Gasteiger partial charge in [0.05, 0.1) is 33.8 Å². The van der Waals surface area contributed by atoms with Gasteiger partial charge in [-0.2, -0.15) is 0 Å². The Hall–Kier alpha value is -2.81. The van der Waals surface area contributed by atoms with Crippen molar-refractivity contribution in [3.63, 3.8) is 0 Å². The van der Waals surface area contributed by atoms with Crippen molar-refractivity contribution in [1.29, 1.82) is 0 Å². The Balaban J connectivity index is 5.10. The van der Waals surface area contributed by atoms with E-state index in [1.807, 2.05) is 33.3 Å². The summed E-state index contributed by atoms with van der Waals surface area (Å²) in [6, 6.07) is -0.855. The molecule has 0 aromatic heterocycles. The standard InChI is InChI=1S/C73H133N2O7P/c1-7-10-13-16-19-22-25-28-30-32-33-34-35-36-37-38-39-40-41-43-45-48-51-54-57-60-63-66-73(77)82-71(64-61-58-55-52-49-46-27-24-21-18-15-12-9-3)70(69-81-83(78,79)80-68-67-75(4,5)6)74-72(76)65-62-59-56-53-50-47-44-42-31-29-26-23-20-17-14-11-8-2/h10,13,19,22,28-31,33-34,36-37,61,64,70-71H,7-9,11-12,14-18,20-21,23-27,32,35,38-60,62-63,65-69H2,1-6H3,(H-,74,76,78,79)/p+1/b13-10-,22-19-,30-28-,31-29+,34-33-,37-36-,64-61-. The van der Waals surface area contributed by atoms with E-state index in [0.717, 1.165) is 103 Å². The average Bonchev–Trinajstić information content (AvgIpc) is 3.47. The van der Waals surface area contributed by atoms with Crippen LogP contribution < -0.4 is 5.32 Å². The Bertz CT molecular complexity index is 1700. The minimum atomic E-state index is -4.46. The lowest BCUT2D eigenvalue weighted by atomic mass is 10.0. The first kappa shape index (κ1) is 80.2. The van der Waals surface area contributed by atoms with Crippen molar-refractivity contribution in [2.45, 2.75) is 328 Å². The summed E-state index contributed by atoms with van der Waals surface area (Å²) in [5, 5.41) is 3.07. The first-order valence-electron chi connectivity index (χ1n) is 34.9. The van der Waals surface area contributed by atoms with Crippen molar-refractivity contribution in [2.24, 2.45) is 0 Å². The van der Waals surface area contributed by atoms with Gasteiger partial charge in [-0.15, -0.1) is 0 Å². The lowest BCUT2D eigenvalue weighted by Gasteiger charge is -2.27. The molecule has 3 atom stereocenters. The number of phosphoric ester groups is 1. The van der Waals surface area contributed by atoms with Crippen molar-refractivity contribution in [3.8, 4) is 0 Å². The number of amides is 1. The number of nitrogens with zero attached hydrogens (tertiary/aromatic N) is 1. The number of hydrogen-bond acceptors (Lipinski definition) is 6. The Morgan fingerprint density at radius 2 is 0.771 bits per heavy atom. The molecule has 482 valence electrons. The van der Waals surface area contributed by atoms with Gasteiger partial charge in [0.1, 0.15) is 19.3 Å². The molecular weight excluding hydrogens is 1050 g/mol. The zero-order chi connectivity index (χ0) is 60.7. The number of phosphoric acid groups is 1. The number of likely N-dealkylation sites (N-methyl/N-ethyl adjacent to an activating group) is 1. The van der Waals surface area contributed by atoms with Gasteiger partial charge in [-0.25, -0.2) is 4.57 Å². The van der Waals surface area contributed by atoms with Gasteiger partial charge in [-0.1, -0.05) is 286 Å². The van der Waals surface area contributed by atoms with E-state index in [-0.39, 0.29) is 31.5 Å². The molecule has 3 unspecified atom stereocenters. The lowest BCUT2D eigenvalue weighted by Crippen LogP contribution is -2.47. The molecule has 0 aliphatic carbocycles. The molecule has 1 amide bonds. The van der Waals surface area contributed by atoms with Gasteiger partial charge in [-0.05, 0) is 102 Å². The van der Waals surface area contributed by atoms with Crippen LogP contribution >= 0.6 is 7.82 Å². The maximum atomic E-state index is 13.6. The molecule has 0 fully saturated rings. The van der Waals surface area contributed by atoms with Gasteiger partial charge in [0.25, 0.3) is 0 Å². The number of nitrogens with one attached hydrogen (secondary N) is 1. The van der Waals surface area contributed by atoms with Crippen molar-refractivity contribution in [3.05, 3.63) is 85.1 Å². The Morgan fingerprint density at radius 1 is 0.434 bits per heavy atom. The molecule has 0 aromatic rings. The number of hydrogen-bond donors (Lipinski definition) is 2. The minimum absolute atomic E-state index is 0.0371. The average molecular weight is 1180 g/mol. The zero-order valence-electron chi connectivity index (χ0n) is 55.2. The summed E-state index contributed by atoms with van der Waals surface area (Å²) >= 11 is 0. The van der Waals surface area contributed by atoms with E-state index in [9.17, 15) is 19.0 Å². The van der Waals surface area contributed by atoms with Crippen LogP contribution in [0.25, 0.3) is 0 Å². The van der Waals surface area contributed by atoms with Gasteiger partial charge in [0, 0.05) is 12.8 Å². The summed E-state index contributed by atoms with van der Waals surface area (Å²) in [6.07, 6.45) is 83.0. The van der Waals surface area contributed by atoms with Crippen molar-refractivity contribution < 1.29 is 37.3 Å². The highest BCUT2D eigenvalue weighted by atomic mass is 31.2. The highest BCUT2D eigenvalue weighted by Gasteiger charge is 2.30. The topological polar surface area (TPSA) is 111 Å². The smallest absolute Gasteiger partial charge is 0.456 e. The Labute approximate surface area is 514 Å². The summed E-state index contributed by atoms with van der Waals surface area (Å²) in [5.41, 5.74) is 0. The second-order valence-electron chi connectivity index (χ2n) is 24.7. The summed E-state index contributed by atoms with van der Waals surface area (Å²) < 4.78 is 30.8. The van der Waals surface area contributed by atoms with Crippen molar-refractivity contribution in [1.82, 2.24) is 5.32 Å². The SMILES string of the molecule is CC/C=C\C/C=C\C/C=C\C/C=C\C/C=C\CCCCCCCCCCCCCC(=O)OC(/C=C\CCCCCCCCCCCCC)C(COP(=O)(O)OCC[N+](C)(C)C)NC(=O)CCCCCCCCC/C=C/CCCCCCCC. The largest absolute Gasteiger partial charge is 0.472 e. The van der Waals surface area contributed by atoms with E-state index in [1.54, 1.807) is 0 Å². The fourth-order valence-corrected chi connectivity index (χ4v) is 10.7. The third kappa shape index (κ3) is 63.5. The maximum absolute atomic E-state index is 13.6. The number of allylic oxidation sites excluding steroid dienone is 13. The highest BCUT2D eigenvalue weighted by molar-refractivity contribution is 7.47. The quantitative estimate of drug-likeness (QED) is 0.0205. The first-order valence-corrected chi connectivity index (χ1v) is 36.4. The second kappa shape index (κ2) is 62.2. The predicted molar refractivity (Wildman–Crippen MR) is 360 cm³/mol. The van der Waals surface area contributed by atoms with Gasteiger partial charge in [0.2, 0.25) is 5.91 Å². The normalized spacial score (nSPS) is 14.1. The van der Waals surface area contributed by atoms with Gasteiger partial charge >= 0.3 is 13.8 Å². The van der Waals surface area contributed by atoms with Crippen LogP contribution in [0.5, 0.6) is 0 Å². The fourth-order valence-electron chi connectivity index (χ4n) is 9.96. The number of unbranched alkanes of at least 4 members (excludes halogenated alkanes) is 35.